The van der Waals surface area contributed by atoms with Crippen LogP contribution < -0.4 is 5.46 Å². The summed E-state index contributed by atoms with van der Waals surface area (Å²) in [6.45, 7) is 9.62. The van der Waals surface area contributed by atoms with Gasteiger partial charge in [-0.25, -0.2) is 4.98 Å². The third-order valence-corrected chi connectivity index (χ3v) is 3.51. The molecule has 0 bridgehead atoms. The highest BCUT2D eigenvalue weighted by molar-refractivity contribution is 6.62. The number of aryl methyl sites for hydroxylation is 1. The Morgan fingerprint density at radius 3 is 2.24 bits per heavy atom. The maximum Gasteiger partial charge on any atom is 0.499 e. The van der Waals surface area contributed by atoms with E-state index in [-0.39, 0.29) is 0 Å². The van der Waals surface area contributed by atoms with E-state index in [4.69, 9.17) is 9.31 Å². The fraction of sp³-hybridized carbons (Fsp3) is 0.583. The minimum atomic E-state index is -0.688. The number of halogens is 1. The highest BCUT2D eigenvalue weighted by atomic mass is 19.1. The van der Waals surface area contributed by atoms with Crippen LogP contribution in [0.25, 0.3) is 0 Å². The van der Waals surface area contributed by atoms with Crippen molar-refractivity contribution in [3.8, 4) is 0 Å². The van der Waals surface area contributed by atoms with E-state index < -0.39 is 24.3 Å². The molecule has 0 saturated carbocycles. The van der Waals surface area contributed by atoms with Crippen LogP contribution >= 0.6 is 0 Å². The Labute approximate surface area is 101 Å². The maximum absolute atomic E-state index is 13.7. The Morgan fingerprint density at radius 1 is 1.18 bits per heavy atom. The molecule has 1 aromatic rings. The molecule has 0 N–H and O–H groups in total. The maximum atomic E-state index is 13.7. The Balaban J connectivity index is 2.35. The Morgan fingerprint density at radius 2 is 1.71 bits per heavy atom. The second kappa shape index (κ2) is 3.78. The van der Waals surface area contributed by atoms with Crippen molar-refractivity contribution in [2.45, 2.75) is 45.8 Å². The van der Waals surface area contributed by atoms with Crippen LogP contribution in [0, 0.1) is 12.9 Å². The fourth-order valence-corrected chi connectivity index (χ4v) is 1.71. The molecule has 2 heterocycles. The van der Waals surface area contributed by atoms with Crippen molar-refractivity contribution in [2.75, 3.05) is 0 Å². The third kappa shape index (κ3) is 2.09. The summed E-state index contributed by atoms with van der Waals surface area (Å²) >= 11 is 0. The molecule has 0 amide bonds. The van der Waals surface area contributed by atoms with E-state index in [1.165, 1.54) is 6.20 Å². The highest BCUT2D eigenvalue weighted by Crippen LogP contribution is 2.36. The lowest BCUT2D eigenvalue weighted by Gasteiger charge is -2.32. The van der Waals surface area contributed by atoms with Gasteiger partial charge in [-0.2, -0.15) is 4.39 Å². The Bertz CT molecular complexity index is 432. The van der Waals surface area contributed by atoms with Crippen LogP contribution in [0.2, 0.25) is 0 Å². The minimum absolute atomic E-state index is 0.364. The SMILES string of the molecule is Cc1cnc(F)c(B2OC(C)(C)C(C)(C)O2)c1. The van der Waals surface area contributed by atoms with Crippen LogP contribution in [0.5, 0.6) is 0 Å². The van der Waals surface area contributed by atoms with Gasteiger partial charge in [-0.1, -0.05) is 6.07 Å². The molecular weight excluding hydrogens is 220 g/mol. The summed E-state index contributed by atoms with van der Waals surface area (Å²) in [6, 6.07) is 1.71. The Kier molecular flexibility index (Phi) is 2.79. The fourth-order valence-electron chi connectivity index (χ4n) is 1.71. The Hall–Kier alpha value is -0.935. The van der Waals surface area contributed by atoms with Gasteiger partial charge in [0.05, 0.1) is 11.2 Å². The summed E-state index contributed by atoms with van der Waals surface area (Å²) in [6.07, 6.45) is 1.49. The molecule has 5 heteroatoms. The molecular formula is C12H17BFNO2. The van der Waals surface area contributed by atoms with Gasteiger partial charge in [0.1, 0.15) is 0 Å². The first kappa shape index (κ1) is 12.5. The standard InChI is InChI=1S/C12H17BFNO2/c1-8-6-9(10(14)15-7-8)13-16-11(2,3)12(4,5)17-13/h6-7H,1-5H3. The first-order valence-corrected chi connectivity index (χ1v) is 5.71. The van der Waals surface area contributed by atoms with E-state index in [0.29, 0.717) is 5.46 Å². The predicted octanol–water partition coefficient (Wildman–Crippen LogP) is 1.83. The van der Waals surface area contributed by atoms with Crippen LogP contribution in [0.3, 0.4) is 0 Å². The molecule has 0 atom stereocenters. The number of nitrogens with zero attached hydrogens (tertiary/aromatic N) is 1. The lowest BCUT2D eigenvalue weighted by Crippen LogP contribution is -2.41. The van der Waals surface area contributed by atoms with Crippen molar-refractivity contribution in [1.29, 1.82) is 0 Å². The highest BCUT2D eigenvalue weighted by Gasteiger charge is 2.52. The van der Waals surface area contributed by atoms with Gasteiger partial charge in [0.25, 0.3) is 0 Å². The van der Waals surface area contributed by atoms with Crippen LogP contribution in [0.4, 0.5) is 4.39 Å². The average molecular weight is 237 g/mol. The monoisotopic (exact) mass is 237 g/mol. The van der Waals surface area contributed by atoms with Gasteiger partial charge in [0.2, 0.25) is 5.95 Å². The summed E-state index contributed by atoms with van der Waals surface area (Å²) in [5.74, 6) is -0.533. The second-order valence-electron chi connectivity index (χ2n) is 5.48. The van der Waals surface area contributed by atoms with Crippen LogP contribution in [-0.2, 0) is 9.31 Å². The molecule has 92 valence electrons. The summed E-state index contributed by atoms with van der Waals surface area (Å²) in [4.78, 5) is 3.69. The summed E-state index contributed by atoms with van der Waals surface area (Å²) in [5.41, 5.74) is 0.321. The predicted molar refractivity (Wildman–Crippen MR) is 64.6 cm³/mol. The van der Waals surface area contributed by atoms with Crippen molar-refractivity contribution >= 4 is 12.6 Å². The quantitative estimate of drug-likeness (QED) is 0.551. The zero-order valence-electron chi connectivity index (χ0n) is 10.9. The van der Waals surface area contributed by atoms with E-state index in [1.807, 2.05) is 34.6 Å². The minimum Gasteiger partial charge on any atom is -0.399 e. The summed E-state index contributed by atoms with van der Waals surface area (Å²) in [7, 11) is -0.688. The number of rotatable bonds is 1. The van der Waals surface area contributed by atoms with Crippen molar-refractivity contribution < 1.29 is 13.7 Å². The molecule has 2 rings (SSSR count). The van der Waals surface area contributed by atoms with E-state index in [0.717, 1.165) is 5.56 Å². The summed E-state index contributed by atoms with van der Waals surface area (Å²) in [5, 5.41) is 0. The van der Waals surface area contributed by atoms with E-state index in [1.54, 1.807) is 6.07 Å². The molecule has 1 aliphatic heterocycles. The topological polar surface area (TPSA) is 31.4 Å². The second-order valence-corrected chi connectivity index (χ2v) is 5.48. The van der Waals surface area contributed by atoms with Gasteiger partial charge in [0, 0.05) is 11.7 Å². The number of pyridine rings is 1. The lowest BCUT2D eigenvalue weighted by atomic mass is 9.79. The van der Waals surface area contributed by atoms with Crippen molar-refractivity contribution in [3.05, 3.63) is 23.8 Å². The third-order valence-electron chi connectivity index (χ3n) is 3.51. The average Bonchev–Trinajstić information content (AvgIpc) is 2.40. The van der Waals surface area contributed by atoms with E-state index >= 15 is 0 Å². The molecule has 3 nitrogen and oxygen atoms in total. The molecule has 1 aliphatic rings. The lowest BCUT2D eigenvalue weighted by molar-refractivity contribution is 0.00578. The zero-order valence-corrected chi connectivity index (χ0v) is 10.9. The van der Waals surface area contributed by atoms with Gasteiger partial charge < -0.3 is 9.31 Å². The zero-order chi connectivity index (χ0) is 12.8. The van der Waals surface area contributed by atoms with E-state index in [9.17, 15) is 4.39 Å². The summed E-state index contributed by atoms with van der Waals surface area (Å²) < 4.78 is 25.2. The molecule has 0 aromatic carbocycles. The van der Waals surface area contributed by atoms with Gasteiger partial charge in [0.15, 0.2) is 0 Å². The van der Waals surface area contributed by atoms with Gasteiger partial charge >= 0.3 is 7.12 Å². The smallest absolute Gasteiger partial charge is 0.399 e. The first-order valence-electron chi connectivity index (χ1n) is 5.71. The number of hydrogen-bond donors (Lipinski definition) is 0. The molecule has 0 unspecified atom stereocenters. The normalized spacial score (nSPS) is 21.9. The van der Waals surface area contributed by atoms with Crippen LogP contribution in [0.1, 0.15) is 33.3 Å². The van der Waals surface area contributed by atoms with E-state index in [2.05, 4.69) is 4.98 Å². The van der Waals surface area contributed by atoms with Gasteiger partial charge in [-0.3, -0.25) is 0 Å². The van der Waals surface area contributed by atoms with Crippen molar-refractivity contribution in [1.82, 2.24) is 4.98 Å². The largest absolute Gasteiger partial charge is 0.499 e. The van der Waals surface area contributed by atoms with Crippen LogP contribution in [0.15, 0.2) is 12.3 Å². The van der Waals surface area contributed by atoms with Gasteiger partial charge in [-0.05, 0) is 40.2 Å². The van der Waals surface area contributed by atoms with Crippen molar-refractivity contribution in [3.63, 3.8) is 0 Å². The number of aromatic nitrogens is 1. The molecule has 17 heavy (non-hydrogen) atoms. The number of hydrogen-bond acceptors (Lipinski definition) is 3. The molecule has 0 radical (unpaired) electrons. The van der Waals surface area contributed by atoms with Crippen LogP contribution in [-0.4, -0.2) is 23.3 Å². The molecule has 0 spiro atoms. The first-order chi connectivity index (χ1) is 7.73. The van der Waals surface area contributed by atoms with Gasteiger partial charge in [-0.15, -0.1) is 0 Å². The molecule has 1 fully saturated rings. The molecule has 1 saturated heterocycles. The van der Waals surface area contributed by atoms with Crippen molar-refractivity contribution in [2.24, 2.45) is 0 Å². The molecule has 1 aromatic heterocycles. The molecule has 0 aliphatic carbocycles.